The van der Waals surface area contributed by atoms with Gasteiger partial charge in [-0.05, 0) is 57.7 Å². The Balaban J connectivity index is 1.90. The molecule has 3 aromatic carbocycles. The van der Waals surface area contributed by atoms with E-state index in [0.717, 1.165) is 0 Å². The number of benzene rings is 3. The van der Waals surface area contributed by atoms with Crippen molar-refractivity contribution < 1.29 is 4.57 Å². The van der Waals surface area contributed by atoms with E-state index in [0.29, 0.717) is 6.04 Å². The molecule has 0 N–H and O–H groups in total. The summed E-state index contributed by atoms with van der Waals surface area (Å²) in [5.74, 6) is 0. The molecule has 0 saturated carbocycles. The minimum atomic E-state index is 0.114. The first-order valence-corrected chi connectivity index (χ1v) is 10.6. The van der Waals surface area contributed by atoms with Gasteiger partial charge in [0.2, 0.25) is 5.69 Å². The zero-order valence-corrected chi connectivity index (χ0v) is 17.8. The van der Waals surface area contributed by atoms with E-state index in [1.165, 1.54) is 61.0 Å². The molecule has 142 valence electrons. The molecule has 4 aromatic rings. The molecule has 29 heavy (non-hydrogen) atoms. The Morgan fingerprint density at radius 3 is 2.45 bits per heavy atom. The van der Waals surface area contributed by atoms with E-state index in [2.05, 4.69) is 100.0 Å². The minimum Gasteiger partial charge on any atom is -0.191 e. The third-order valence-corrected chi connectivity index (χ3v) is 6.90. The molecule has 0 amide bonds. The first-order chi connectivity index (χ1) is 13.8. The molecule has 1 aliphatic carbocycles. The Labute approximate surface area is 172 Å². The van der Waals surface area contributed by atoms with Crippen LogP contribution in [0.3, 0.4) is 0 Å². The van der Waals surface area contributed by atoms with Gasteiger partial charge in [-0.2, -0.15) is 4.57 Å². The van der Waals surface area contributed by atoms with Crippen molar-refractivity contribution in [2.75, 3.05) is 0 Å². The fourth-order valence-electron chi connectivity index (χ4n) is 5.31. The number of aromatic nitrogens is 1. The maximum absolute atomic E-state index is 2.49. The van der Waals surface area contributed by atoms with Crippen LogP contribution in [0.2, 0.25) is 0 Å². The van der Waals surface area contributed by atoms with Gasteiger partial charge in [-0.25, -0.2) is 0 Å². The van der Waals surface area contributed by atoms with E-state index in [1.807, 2.05) is 0 Å². The molecule has 0 unspecified atom stereocenters. The number of rotatable bonds is 0. The monoisotopic (exact) mass is 376 g/mol. The third kappa shape index (κ3) is 2.13. The van der Waals surface area contributed by atoms with E-state index in [-0.39, 0.29) is 5.41 Å². The maximum atomic E-state index is 2.49. The van der Waals surface area contributed by atoms with Crippen LogP contribution in [-0.2, 0) is 5.41 Å². The van der Waals surface area contributed by atoms with Crippen LogP contribution in [0, 0.1) is 6.92 Å². The summed E-state index contributed by atoms with van der Waals surface area (Å²) in [7, 11) is 0. The molecule has 0 radical (unpaired) electrons. The van der Waals surface area contributed by atoms with Gasteiger partial charge in [-0.1, -0.05) is 62.7 Å². The number of hydrogen-bond acceptors (Lipinski definition) is 0. The average molecular weight is 377 g/mol. The summed E-state index contributed by atoms with van der Waals surface area (Å²) in [5, 5.41) is 2.72. The second-order valence-electron chi connectivity index (χ2n) is 9.80. The lowest BCUT2D eigenvalue weighted by Crippen LogP contribution is -2.35. The highest BCUT2D eigenvalue weighted by Gasteiger charge is 2.40. The maximum Gasteiger partial charge on any atom is 0.222 e. The Bertz CT molecular complexity index is 1350. The molecule has 1 nitrogen and oxygen atoms in total. The third-order valence-electron chi connectivity index (χ3n) is 6.90. The smallest absolute Gasteiger partial charge is 0.191 e. The summed E-state index contributed by atoms with van der Waals surface area (Å²) in [6, 6.07) is 21.3. The van der Waals surface area contributed by atoms with Gasteiger partial charge in [-0.3, -0.25) is 0 Å². The first kappa shape index (κ1) is 17.0. The molecule has 6 rings (SSSR count). The molecule has 1 aliphatic heterocycles. The average Bonchev–Trinajstić information content (AvgIpc) is 2.92. The Hall–Kier alpha value is -2.93. The van der Waals surface area contributed by atoms with Crippen molar-refractivity contribution in [3.05, 3.63) is 77.5 Å². The van der Waals surface area contributed by atoms with Crippen molar-refractivity contribution in [2.24, 2.45) is 0 Å². The lowest BCUT2D eigenvalue weighted by Gasteiger charge is -2.22. The number of aryl methyl sites for hydroxylation is 1. The zero-order valence-electron chi connectivity index (χ0n) is 17.8. The second-order valence-corrected chi connectivity index (χ2v) is 9.80. The van der Waals surface area contributed by atoms with Gasteiger partial charge in [0, 0.05) is 18.6 Å². The van der Waals surface area contributed by atoms with Crippen LogP contribution in [0.1, 0.15) is 50.4 Å². The minimum absolute atomic E-state index is 0.114. The van der Waals surface area contributed by atoms with E-state index in [9.17, 15) is 0 Å². The molecule has 2 heterocycles. The van der Waals surface area contributed by atoms with Gasteiger partial charge >= 0.3 is 0 Å². The van der Waals surface area contributed by atoms with Crippen molar-refractivity contribution in [2.45, 2.75) is 46.1 Å². The summed E-state index contributed by atoms with van der Waals surface area (Å²) in [5.41, 5.74) is 12.6. The fourth-order valence-corrected chi connectivity index (χ4v) is 5.31. The van der Waals surface area contributed by atoms with Gasteiger partial charge in [0.05, 0.1) is 10.9 Å². The molecule has 1 atom stereocenters. The lowest BCUT2D eigenvalue weighted by atomic mass is 9.81. The summed E-state index contributed by atoms with van der Waals surface area (Å²) in [6.45, 7) is 11.5. The quantitative estimate of drug-likeness (QED) is 0.257. The van der Waals surface area contributed by atoms with Gasteiger partial charge in [0.15, 0.2) is 12.2 Å². The highest BCUT2D eigenvalue weighted by molar-refractivity contribution is 6.12. The summed E-state index contributed by atoms with van der Waals surface area (Å²) in [4.78, 5) is 0. The SMILES string of the molecule is Cc1ccc2c(c1)-c1cc(C(C)(C)C)cc3c1-c1c4c-2cccc4cc[n+]1[C@@H]3C. The van der Waals surface area contributed by atoms with Crippen LogP contribution in [-0.4, -0.2) is 0 Å². The normalized spacial score (nSPS) is 16.1. The summed E-state index contributed by atoms with van der Waals surface area (Å²) in [6.07, 6.45) is 2.29. The fraction of sp³-hybridized carbons (Fsp3) is 0.250. The molecular formula is C28H26N+. The molecule has 0 saturated heterocycles. The highest BCUT2D eigenvalue weighted by atomic mass is 15.0. The predicted octanol–water partition coefficient (Wildman–Crippen LogP) is 6.97. The van der Waals surface area contributed by atoms with Crippen LogP contribution in [0.5, 0.6) is 0 Å². The Morgan fingerprint density at radius 2 is 1.66 bits per heavy atom. The van der Waals surface area contributed by atoms with Gasteiger partial charge in [0.25, 0.3) is 0 Å². The lowest BCUT2D eigenvalue weighted by molar-refractivity contribution is -0.693. The topological polar surface area (TPSA) is 3.88 Å². The van der Waals surface area contributed by atoms with Crippen LogP contribution < -0.4 is 4.57 Å². The Morgan fingerprint density at radius 1 is 0.828 bits per heavy atom. The van der Waals surface area contributed by atoms with Crippen LogP contribution in [0.4, 0.5) is 0 Å². The van der Waals surface area contributed by atoms with Crippen molar-refractivity contribution in [1.82, 2.24) is 0 Å². The number of fused-ring (bicyclic) bond motifs is 3. The first-order valence-electron chi connectivity index (χ1n) is 10.6. The van der Waals surface area contributed by atoms with E-state index in [4.69, 9.17) is 0 Å². The summed E-state index contributed by atoms with van der Waals surface area (Å²) >= 11 is 0. The molecule has 1 aromatic heterocycles. The van der Waals surface area contributed by atoms with E-state index < -0.39 is 0 Å². The van der Waals surface area contributed by atoms with Gasteiger partial charge in [-0.15, -0.1) is 0 Å². The van der Waals surface area contributed by atoms with Crippen molar-refractivity contribution in [1.29, 1.82) is 0 Å². The predicted molar refractivity (Wildman–Crippen MR) is 121 cm³/mol. The van der Waals surface area contributed by atoms with Gasteiger partial charge in [0.1, 0.15) is 0 Å². The number of pyridine rings is 1. The molecule has 0 bridgehead atoms. The second kappa shape index (κ2) is 5.36. The van der Waals surface area contributed by atoms with Crippen LogP contribution in [0.15, 0.2) is 60.8 Å². The summed E-state index contributed by atoms with van der Waals surface area (Å²) < 4.78 is 2.49. The van der Waals surface area contributed by atoms with Gasteiger partial charge < -0.3 is 0 Å². The highest BCUT2D eigenvalue weighted by Crippen LogP contribution is 2.52. The molecule has 2 aliphatic rings. The largest absolute Gasteiger partial charge is 0.222 e. The number of hydrogen-bond donors (Lipinski definition) is 0. The molecular weight excluding hydrogens is 350 g/mol. The van der Waals surface area contributed by atoms with E-state index in [1.54, 1.807) is 0 Å². The zero-order chi connectivity index (χ0) is 20.1. The molecule has 0 fully saturated rings. The standard InChI is InChI=1S/C28H26N/c1-16-9-10-20-21-8-6-7-18-11-12-29-17(2)22-14-19(28(3,4)5)15-24(23(20)13-16)26(22)27(29)25(18)21/h6-15,17H,1-5H3/q+1/t17-/m1/s1. The van der Waals surface area contributed by atoms with Crippen LogP contribution >= 0.6 is 0 Å². The Kier molecular flexibility index (Phi) is 3.14. The van der Waals surface area contributed by atoms with Crippen LogP contribution in [0.25, 0.3) is 44.3 Å². The number of nitrogens with zero attached hydrogens (tertiary/aromatic N) is 1. The molecule has 1 heteroatoms. The van der Waals surface area contributed by atoms with E-state index >= 15 is 0 Å². The van der Waals surface area contributed by atoms with Crippen molar-refractivity contribution in [3.63, 3.8) is 0 Å². The molecule has 0 spiro atoms. The van der Waals surface area contributed by atoms with Crippen molar-refractivity contribution in [3.8, 4) is 33.5 Å². The van der Waals surface area contributed by atoms with Crippen molar-refractivity contribution >= 4 is 10.8 Å².